The van der Waals surface area contributed by atoms with Crippen molar-refractivity contribution in [2.24, 2.45) is 0 Å². The molecule has 0 N–H and O–H groups in total. The van der Waals surface area contributed by atoms with Crippen LogP contribution in [-0.2, 0) is 0 Å². The summed E-state index contributed by atoms with van der Waals surface area (Å²) >= 11 is 0. The summed E-state index contributed by atoms with van der Waals surface area (Å²) in [5.41, 5.74) is 9.53. The minimum atomic E-state index is 0.605. The van der Waals surface area contributed by atoms with Gasteiger partial charge in [-0.15, -0.1) is 0 Å². The first-order chi connectivity index (χ1) is 22.3. The number of fused-ring (bicyclic) bond motifs is 5. The van der Waals surface area contributed by atoms with Gasteiger partial charge in [0.2, 0.25) is 5.89 Å². The quantitative estimate of drug-likeness (QED) is 0.204. The molecular formula is C41H26N2O2. The summed E-state index contributed by atoms with van der Waals surface area (Å²) in [5, 5.41) is 4.43. The Hall–Kier alpha value is -6.13. The van der Waals surface area contributed by atoms with E-state index in [1.807, 2.05) is 42.5 Å². The average Bonchev–Trinajstić information content (AvgIpc) is 3.68. The monoisotopic (exact) mass is 578 g/mol. The number of hydrogen-bond acceptors (Lipinski definition) is 4. The summed E-state index contributed by atoms with van der Waals surface area (Å²) in [5.74, 6) is 0.605. The third-order valence-electron chi connectivity index (χ3n) is 8.46. The van der Waals surface area contributed by atoms with E-state index in [1.165, 1.54) is 10.8 Å². The molecule has 0 bridgehead atoms. The van der Waals surface area contributed by atoms with E-state index in [-0.39, 0.29) is 0 Å². The Morgan fingerprint density at radius 2 is 1.11 bits per heavy atom. The molecule has 0 radical (unpaired) electrons. The number of anilines is 3. The minimum absolute atomic E-state index is 0.605. The van der Waals surface area contributed by atoms with E-state index < -0.39 is 0 Å². The van der Waals surface area contributed by atoms with E-state index in [9.17, 15) is 0 Å². The number of rotatable bonds is 5. The molecule has 0 aliphatic heterocycles. The molecule has 212 valence electrons. The van der Waals surface area contributed by atoms with Crippen molar-refractivity contribution in [3.63, 3.8) is 0 Å². The Bertz CT molecular complexity index is 2490. The SMILES string of the molecule is c1ccc(-c2nc3cc4oc5cc(N(c6ccc7ccccc7c6)c6ccccc6-c6ccccc6)ccc5c4cc3o2)cc1. The molecule has 9 rings (SSSR count). The highest BCUT2D eigenvalue weighted by atomic mass is 16.4. The van der Waals surface area contributed by atoms with Crippen molar-refractivity contribution >= 4 is 60.9 Å². The maximum absolute atomic E-state index is 6.51. The highest BCUT2D eigenvalue weighted by Gasteiger charge is 2.20. The Kier molecular flexibility index (Phi) is 5.78. The molecule has 0 saturated carbocycles. The molecule has 0 aliphatic carbocycles. The maximum atomic E-state index is 6.51. The Morgan fingerprint density at radius 3 is 1.96 bits per heavy atom. The van der Waals surface area contributed by atoms with Gasteiger partial charge in [0.1, 0.15) is 16.7 Å². The molecule has 0 unspecified atom stereocenters. The van der Waals surface area contributed by atoms with Crippen LogP contribution in [0.25, 0.3) is 66.4 Å². The van der Waals surface area contributed by atoms with Crippen molar-refractivity contribution in [3.8, 4) is 22.6 Å². The van der Waals surface area contributed by atoms with Gasteiger partial charge in [0.25, 0.3) is 0 Å². The van der Waals surface area contributed by atoms with Crippen LogP contribution in [0.3, 0.4) is 0 Å². The lowest BCUT2D eigenvalue weighted by atomic mass is 10.0. The van der Waals surface area contributed by atoms with Gasteiger partial charge < -0.3 is 13.7 Å². The molecule has 7 aromatic carbocycles. The van der Waals surface area contributed by atoms with Crippen molar-refractivity contribution in [1.82, 2.24) is 4.98 Å². The predicted molar refractivity (Wildman–Crippen MR) is 184 cm³/mol. The number of hydrogen-bond donors (Lipinski definition) is 0. The number of oxazole rings is 1. The molecule has 2 heterocycles. The summed E-state index contributed by atoms with van der Waals surface area (Å²) in [4.78, 5) is 7.08. The van der Waals surface area contributed by atoms with Crippen molar-refractivity contribution in [2.75, 3.05) is 4.90 Å². The van der Waals surface area contributed by atoms with E-state index in [4.69, 9.17) is 13.8 Å². The largest absolute Gasteiger partial charge is 0.456 e. The molecule has 0 saturated heterocycles. The average molecular weight is 579 g/mol. The van der Waals surface area contributed by atoms with Gasteiger partial charge in [-0.25, -0.2) is 4.98 Å². The number of para-hydroxylation sites is 1. The second-order valence-corrected chi connectivity index (χ2v) is 11.2. The van der Waals surface area contributed by atoms with Crippen LogP contribution >= 0.6 is 0 Å². The summed E-state index contributed by atoms with van der Waals surface area (Å²) in [6.07, 6.45) is 0. The first-order valence-corrected chi connectivity index (χ1v) is 15.0. The van der Waals surface area contributed by atoms with Crippen molar-refractivity contribution in [2.45, 2.75) is 0 Å². The van der Waals surface area contributed by atoms with E-state index in [0.29, 0.717) is 5.89 Å². The van der Waals surface area contributed by atoms with Crippen LogP contribution in [0.4, 0.5) is 17.1 Å². The standard InChI is InChI=1S/C41H26N2O2/c1-3-12-28(13-4-1)33-17-9-10-18-37(33)43(31-20-19-27-11-7-8-16-30(27)23-31)32-21-22-34-35-25-40-36(26-39(35)44-38(34)24-32)42-41(45-40)29-14-5-2-6-15-29/h1-26H. The summed E-state index contributed by atoms with van der Waals surface area (Å²) in [6, 6.07) is 54.7. The fourth-order valence-electron chi connectivity index (χ4n) is 6.30. The Labute approximate surface area is 259 Å². The zero-order valence-corrected chi connectivity index (χ0v) is 24.2. The Morgan fingerprint density at radius 1 is 0.444 bits per heavy atom. The summed E-state index contributed by atoms with van der Waals surface area (Å²) in [7, 11) is 0. The first kappa shape index (κ1) is 25.4. The third-order valence-corrected chi connectivity index (χ3v) is 8.46. The summed E-state index contributed by atoms with van der Waals surface area (Å²) in [6.45, 7) is 0. The lowest BCUT2D eigenvalue weighted by molar-refractivity contribution is 0.620. The molecule has 45 heavy (non-hydrogen) atoms. The maximum Gasteiger partial charge on any atom is 0.227 e. The van der Waals surface area contributed by atoms with Gasteiger partial charge in [0.05, 0.1) is 5.69 Å². The van der Waals surface area contributed by atoms with Crippen LogP contribution in [0.2, 0.25) is 0 Å². The fraction of sp³-hybridized carbons (Fsp3) is 0. The molecule has 0 amide bonds. The Balaban J connectivity index is 1.22. The second kappa shape index (κ2) is 10.2. The van der Waals surface area contributed by atoms with Crippen LogP contribution in [-0.4, -0.2) is 4.98 Å². The van der Waals surface area contributed by atoms with Crippen LogP contribution < -0.4 is 4.90 Å². The number of nitrogens with zero attached hydrogens (tertiary/aromatic N) is 2. The van der Waals surface area contributed by atoms with Crippen LogP contribution in [0.1, 0.15) is 0 Å². The molecule has 0 aliphatic rings. The van der Waals surface area contributed by atoms with Gasteiger partial charge in [-0.1, -0.05) is 97.1 Å². The zero-order valence-electron chi connectivity index (χ0n) is 24.2. The normalized spacial score (nSPS) is 11.6. The fourth-order valence-corrected chi connectivity index (χ4v) is 6.30. The van der Waals surface area contributed by atoms with E-state index in [1.54, 1.807) is 0 Å². The lowest BCUT2D eigenvalue weighted by Gasteiger charge is -2.28. The van der Waals surface area contributed by atoms with Gasteiger partial charge >= 0.3 is 0 Å². The highest BCUT2D eigenvalue weighted by molar-refractivity contribution is 6.10. The highest BCUT2D eigenvalue weighted by Crippen LogP contribution is 2.43. The first-order valence-electron chi connectivity index (χ1n) is 15.0. The molecule has 4 heteroatoms. The zero-order chi connectivity index (χ0) is 29.7. The molecule has 4 nitrogen and oxygen atoms in total. The number of aromatic nitrogens is 1. The number of benzene rings is 7. The predicted octanol–water partition coefficient (Wildman–Crippen LogP) is 11.7. The van der Waals surface area contributed by atoms with Crippen LogP contribution in [0.5, 0.6) is 0 Å². The van der Waals surface area contributed by atoms with Gasteiger partial charge in [-0.05, 0) is 64.9 Å². The van der Waals surface area contributed by atoms with Crippen LogP contribution in [0, 0.1) is 0 Å². The molecule has 2 aromatic heterocycles. The van der Waals surface area contributed by atoms with Gasteiger partial charge in [-0.3, -0.25) is 0 Å². The molecule has 0 atom stereocenters. The molecular weight excluding hydrogens is 552 g/mol. The number of furan rings is 1. The molecule has 9 aromatic rings. The minimum Gasteiger partial charge on any atom is -0.456 e. The summed E-state index contributed by atoms with van der Waals surface area (Å²) < 4.78 is 12.7. The van der Waals surface area contributed by atoms with E-state index in [0.717, 1.165) is 66.8 Å². The van der Waals surface area contributed by atoms with Gasteiger partial charge in [0.15, 0.2) is 5.58 Å². The van der Waals surface area contributed by atoms with Crippen molar-refractivity contribution in [3.05, 3.63) is 158 Å². The van der Waals surface area contributed by atoms with E-state index >= 15 is 0 Å². The van der Waals surface area contributed by atoms with Gasteiger partial charge in [0, 0.05) is 45.4 Å². The topological polar surface area (TPSA) is 42.4 Å². The van der Waals surface area contributed by atoms with Crippen molar-refractivity contribution in [1.29, 1.82) is 0 Å². The third kappa shape index (κ3) is 4.35. The second-order valence-electron chi connectivity index (χ2n) is 11.2. The molecule has 0 spiro atoms. The van der Waals surface area contributed by atoms with Gasteiger partial charge in [-0.2, -0.15) is 0 Å². The van der Waals surface area contributed by atoms with Crippen molar-refractivity contribution < 1.29 is 8.83 Å². The molecule has 0 fully saturated rings. The lowest BCUT2D eigenvalue weighted by Crippen LogP contribution is -2.11. The van der Waals surface area contributed by atoms with E-state index in [2.05, 4.69) is 120 Å². The van der Waals surface area contributed by atoms with Crippen LogP contribution in [0.15, 0.2) is 167 Å². The smallest absolute Gasteiger partial charge is 0.227 e.